The number of hydrogen-bond acceptors (Lipinski definition) is 5. The lowest BCUT2D eigenvalue weighted by Gasteiger charge is -2.54. The maximum Gasteiger partial charge on any atom is 0.260 e. The van der Waals surface area contributed by atoms with Crippen molar-refractivity contribution in [2.45, 2.75) is 51.5 Å². The number of aryl methyl sites for hydroxylation is 1. The molecule has 6 rings (SSSR count). The lowest BCUT2D eigenvalue weighted by Crippen LogP contribution is -2.56. The molecule has 28 heavy (non-hydrogen) atoms. The summed E-state index contributed by atoms with van der Waals surface area (Å²) < 4.78 is 5.16. The van der Waals surface area contributed by atoms with Crippen molar-refractivity contribution in [1.82, 2.24) is 10.3 Å². The van der Waals surface area contributed by atoms with Gasteiger partial charge in [-0.25, -0.2) is 4.98 Å². The normalized spacial score (nSPS) is 30.4. The number of thiazole rings is 1. The SMILES string of the molecule is Cc1occc1C(=O)Nc1nc(CC(=O)NC2C3CC4CC(C3)CC2C4)cs1. The van der Waals surface area contributed by atoms with Gasteiger partial charge in [0.25, 0.3) is 5.91 Å². The largest absolute Gasteiger partial charge is 0.469 e. The molecule has 0 unspecified atom stereocenters. The summed E-state index contributed by atoms with van der Waals surface area (Å²) in [4.78, 5) is 29.3. The van der Waals surface area contributed by atoms with Gasteiger partial charge in [-0.15, -0.1) is 11.3 Å². The van der Waals surface area contributed by atoms with Crippen molar-refractivity contribution < 1.29 is 14.0 Å². The van der Waals surface area contributed by atoms with Gasteiger partial charge in [-0.05, 0) is 68.8 Å². The van der Waals surface area contributed by atoms with Crippen molar-refractivity contribution in [3.05, 3.63) is 34.7 Å². The second-order valence-corrected chi connectivity index (χ2v) is 9.55. The zero-order valence-electron chi connectivity index (χ0n) is 15.9. The standard InChI is InChI=1S/C21H25N3O3S/c1-11-17(2-3-27-11)20(26)24-21-22-16(10-28-21)9-18(25)23-19-14-5-12-4-13(7-14)8-15(19)6-12/h2-3,10,12-15,19H,4-9H2,1H3,(H,23,25)(H,22,24,26). The van der Waals surface area contributed by atoms with Crippen molar-refractivity contribution in [3.8, 4) is 0 Å². The summed E-state index contributed by atoms with van der Waals surface area (Å²) in [5.74, 6) is 3.52. The van der Waals surface area contributed by atoms with Gasteiger partial charge in [0.05, 0.1) is 23.9 Å². The first kappa shape index (κ1) is 17.9. The molecule has 2 aromatic rings. The van der Waals surface area contributed by atoms with Crippen LogP contribution in [0.1, 0.15) is 53.9 Å². The minimum Gasteiger partial charge on any atom is -0.469 e. The van der Waals surface area contributed by atoms with Crippen LogP contribution in [0.25, 0.3) is 0 Å². The maximum atomic E-state index is 12.6. The van der Waals surface area contributed by atoms with E-state index in [2.05, 4.69) is 15.6 Å². The highest BCUT2D eigenvalue weighted by atomic mass is 32.1. The van der Waals surface area contributed by atoms with Crippen LogP contribution in [0.3, 0.4) is 0 Å². The van der Waals surface area contributed by atoms with Gasteiger partial charge in [0.2, 0.25) is 5.91 Å². The summed E-state index contributed by atoms with van der Waals surface area (Å²) in [7, 11) is 0. The Morgan fingerprint density at radius 1 is 1.18 bits per heavy atom. The summed E-state index contributed by atoms with van der Waals surface area (Å²) >= 11 is 1.34. The van der Waals surface area contributed by atoms with E-state index >= 15 is 0 Å². The molecule has 4 bridgehead atoms. The molecule has 0 atom stereocenters. The number of nitrogens with one attached hydrogen (secondary N) is 2. The number of amides is 2. The molecule has 4 aliphatic rings. The topological polar surface area (TPSA) is 84.2 Å². The smallest absolute Gasteiger partial charge is 0.260 e. The molecule has 6 nitrogen and oxygen atoms in total. The van der Waals surface area contributed by atoms with Crippen molar-refractivity contribution in [2.75, 3.05) is 5.32 Å². The van der Waals surface area contributed by atoms with E-state index in [9.17, 15) is 9.59 Å². The number of rotatable bonds is 5. The molecule has 0 aromatic carbocycles. The van der Waals surface area contributed by atoms with Crippen molar-refractivity contribution in [3.63, 3.8) is 0 Å². The Labute approximate surface area is 168 Å². The summed E-state index contributed by atoms with van der Waals surface area (Å²) in [5.41, 5.74) is 1.20. The first-order chi connectivity index (χ1) is 13.5. The molecule has 148 valence electrons. The first-order valence-corrected chi connectivity index (χ1v) is 11.0. The van der Waals surface area contributed by atoms with Crippen LogP contribution in [0.5, 0.6) is 0 Å². The van der Waals surface area contributed by atoms with Crippen LogP contribution in [0.2, 0.25) is 0 Å². The van der Waals surface area contributed by atoms with Crippen LogP contribution in [-0.4, -0.2) is 22.8 Å². The molecular weight excluding hydrogens is 374 g/mol. The number of nitrogens with zero attached hydrogens (tertiary/aromatic N) is 1. The summed E-state index contributed by atoms with van der Waals surface area (Å²) in [6.45, 7) is 1.75. The molecule has 0 aliphatic heterocycles. The summed E-state index contributed by atoms with van der Waals surface area (Å²) in [5, 5.41) is 8.44. The third kappa shape index (κ3) is 3.36. The molecule has 0 spiro atoms. The second kappa shape index (κ2) is 7.03. The van der Waals surface area contributed by atoms with Gasteiger partial charge in [0.15, 0.2) is 5.13 Å². The van der Waals surface area contributed by atoms with Gasteiger partial charge < -0.3 is 9.73 Å². The zero-order valence-corrected chi connectivity index (χ0v) is 16.8. The minimum atomic E-state index is -0.245. The van der Waals surface area contributed by atoms with E-state index < -0.39 is 0 Å². The summed E-state index contributed by atoms with van der Waals surface area (Å²) in [6, 6.07) is 1.99. The van der Waals surface area contributed by atoms with E-state index in [0.717, 1.165) is 11.8 Å². The van der Waals surface area contributed by atoms with Crippen LogP contribution in [0.15, 0.2) is 22.1 Å². The molecule has 2 N–H and O–H groups in total. The molecule has 4 fully saturated rings. The number of anilines is 1. The molecule has 0 radical (unpaired) electrons. The quantitative estimate of drug-likeness (QED) is 0.801. The highest BCUT2D eigenvalue weighted by Crippen LogP contribution is 2.53. The highest BCUT2D eigenvalue weighted by molar-refractivity contribution is 7.14. The van der Waals surface area contributed by atoms with Gasteiger partial charge in [0.1, 0.15) is 5.76 Å². The second-order valence-electron chi connectivity index (χ2n) is 8.69. The molecule has 4 saturated carbocycles. The lowest BCUT2D eigenvalue weighted by molar-refractivity contribution is -0.124. The monoisotopic (exact) mass is 399 g/mol. The van der Waals surface area contributed by atoms with Crippen LogP contribution in [-0.2, 0) is 11.2 Å². The van der Waals surface area contributed by atoms with Crippen molar-refractivity contribution >= 4 is 28.3 Å². The predicted molar refractivity (Wildman–Crippen MR) is 106 cm³/mol. The molecule has 4 aliphatic carbocycles. The average molecular weight is 400 g/mol. The highest BCUT2D eigenvalue weighted by Gasteiger charge is 2.48. The fraction of sp³-hybridized carbons (Fsp3) is 0.571. The molecule has 2 heterocycles. The van der Waals surface area contributed by atoms with Crippen LogP contribution in [0, 0.1) is 30.6 Å². The number of carbonyl (C=O) groups is 2. The lowest BCUT2D eigenvalue weighted by atomic mass is 9.54. The fourth-order valence-electron chi connectivity index (χ4n) is 5.79. The predicted octanol–water partition coefficient (Wildman–Crippen LogP) is 3.78. The average Bonchev–Trinajstić information content (AvgIpc) is 3.26. The van der Waals surface area contributed by atoms with E-state index in [1.165, 1.54) is 49.7 Å². The Morgan fingerprint density at radius 3 is 2.54 bits per heavy atom. The van der Waals surface area contributed by atoms with E-state index in [-0.39, 0.29) is 18.2 Å². The molecule has 0 saturated heterocycles. The van der Waals surface area contributed by atoms with Crippen molar-refractivity contribution in [2.24, 2.45) is 23.7 Å². The van der Waals surface area contributed by atoms with Crippen LogP contribution < -0.4 is 10.6 Å². The third-order valence-electron chi connectivity index (χ3n) is 6.77. The molecule has 2 aromatic heterocycles. The van der Waals surface area contributed by atoms with Crippen LogP contribution in [0.4, 0.5) is 5.13 Å². The van der Waals surface area contributed by atoms with Crippen molar-refractivity contribution in [1.29, 1.82) is 0 Å². The molecule has 7 heteroatoms. The molecular formula is C21H25N3O3S. The Hall–Kier alpha value is -2.15. The third-order valence-corrected chi connectivity index (χ3v) is 7.58. The number of furan rings is 1. The maximum absolute atomic E-state index is 12.6. The number of aromatic nitrogens is 1. The Morgan fingerprint density at radius 2 is 1.89 bits per heavy atom. The Kier molecular flexibility index (Phi) is 4.50. The first-order valence-electron chi connectivity index (χ1n) is 10.1. The van der Waals surface area contributed by atoms with Gasteiger partial charge in [0, 0.05) is 11.4 Å². The fourth-order valence-corrected chi connectivity index (χ4v) is 6.50. The Balaban J connectivity index is 1.17. The summed E-state index contributed by atoms with van der Waals surface area (Å²) in [6.07, 6.45) is 8.33. The van der Waals surface area contributed by atoms with E-state index in [4.69, 9.17) is 4.42 Å². The number of carbonyl (C=O) groups excluding carboxylic acids is 2. The van der Waals surface area contributed by atoms with Crippen LogP contribution >= 0.6 is 11.3 Å². The van der Waals surface area contributed by atoms with E-state index in [1.807, 2.05) is 5.38 Å². The van der Waals surface area contributed by atoms with E-state index in [1.54, 1.807) is 13.0 Å². The van der Waals surface area contributed by atoms with Gasteiger partial charge in [-0.3, -0.25) is 14.9 Å². The number of hydrogen-bond donors (Lipinski definition) is 2. The minimum absolute atomic E-state index is 0.0475. The van der Waals surface area contributed by atoms with Gasteiger partial charge in [-0.2, -0.15) is 0 Å². The Bertz CT molecular complexity index is 874. The molecule has 2 amide bonds. The van der Waals surface area contributed by atoms with Gasteiger partial charge >= 0.3 is 0 Å². The van der Waals surface area contributed by atoms with E-state index in [0.29, 0.717) is 40.0 Å². The zero-order chi connectivity index (χ0) is 19.3. The van der Waals surface area contributed by atoms with Gasteiger partial charge in [-0.1, -0.05) is 0 Å².